The Kier molecular flexibility index (Phi) is 4.53. The lowest BCUT2D eigenvalue weighted by atomic mass is 10.3. The highest BCUT2D eigenvalue weighted by atomic mass is 35.5. The number of nitrogen functional groups attached to an aromatic ring is 1. The van der Waals surface area contributed by atoms with Gasteiger partial charge in [-0.1, -0.05) is 34.8 Å². The Morgan fingerprint density at radius 2 is 1.62 bits per heavy atom. The fraction of sp³-hybridized carbons (Fsp3) is 0. The molecule has 3 N–H and O–H groups in total. The fourth-order valence-corrected chi connectivity index (χ4v) is 3.36. The summed E-state index contributed by atoms with van der Waals surface area (Å²) < 4.78 is 40.2. The zero-order valence-corrected chi connectivity index (χ0v) is 13.3. The zero-order valence-electron chi connectivity index (χ0n) is 10.2. The summed E-state index contributed by atoms with van der Waals surface area (Å²) in [5.74, 6) is -0.937. The van der Waals surface area contributed by atoms with Crippen LogP contribution in [0.25, 0.3) is 0 Å². The van der Waals surface area contributed by atoms with Gasteiger partial charge in [0.1, 0.15) is 10.7 Å². The Balaban J connectivity index is 2.47. The number of sulfonamides is 1. The van der Waals surface area contributed by atoms with E-state index < -0.39 is 20.7 Å². The molecule has 0 aliphatic heterocycles. The molecule has 21 heavy (non-hydrogen) atoms. The molecular weight excluding hydrogens is 362 g/mol. The number of hydrogen-bond acceptors (Lipinski definition) is 3. The number of nitrogens with two attached hydrogens (primary N) is 1. The quantitative estimate of drug-likeness (QED) is 0.630. The third-order valence-electron chi connectivity index (χ3n) is 2.50. The van der Waals surface area contributed by atoms with Gasteiger partial charge < -0.3 is 5.73 Å². The largest absolute Gasteiger partial charge is 0.399 e. The van der Waals surface area contributed by atoms with Crippen molar-refractivity contribution >= 4 is 56.2 Å². The van der Waals surface area contributed by atoms with Gasteiger partial charge in [-0.3, -0.25) is 4.72 Å². The first-order chi connectivity index (χ1) is 9.70. The molecule has 0 unspecified atom stereocenters. The van der Waals surface area contributed by atoms with Gasteiger partial charge >= 0.3 is 0 Å². The number of nitrogens with one attached hydrogen (secondary N) is 1. The minimum atomic E-state index is -4.21. The highest BCUT2D eigenvalue weighted by Crippen LogP contribution is 2.33. The molecule has 4 nitrogen and oxygen atoms in total. The van der Waals surface area contributed by atoms with Crippen LogP contribution >= 0.6 is 34.8 Å². The highest BCUT2D eigenvalue weighted by molar-refractivity contribution is 7.92. The third kappa shape index (κ3) is 3.52. The van der Waals surface area contributed by atoms with Gasteiger partial charge in [-0.05, 0) is 30.3 Å². The summed E-state index contributed by atoms with van der Waals surface area (Å²) in [4.78, 5) is -0.593. The molecule has 0 heterocycles. The summed E-state index contributed by atoms with van der Waals surface area (Å²) in [6, 6.07) is 5.72. The molecule has 0 atom stereocenters. The van der Waals surface area contributed by atoms with Crippen molar-refractivity contribution in [3.05, 3.63) is 51.2 Å². The molecule has 112 valence electrons. The Hall–Kier alpha value is -1.21. The van der Waals surface area contributed by atoms with E-state index in [0.29, 0.717) is 0 Å². The van der Waals surface area contributed by atoms with Crippen LogP contribution in [0.15, 0.2) is 35.2 Å². The Bertz CT molecular complexity index is 812. The maximum Gasteiger partial charge on any atom is 0.264 e. The van der Waals surface area contributed by atoms with Crippen molar-refractivity contribution in [3.8, 4) is 0 Å². The summed E-state index contributed by atoms with van der Waals surface area (Å²) in [6.45, 7) is 0. The van der Waals surface area contributed by atoms with Gasteiger partial charge in [0.05, 0.1) is 20.8 Å². The van der Waals surface area contributed by atoms with Crippen molar-refractivity contribution in [1.82, 2.24) is 0 Å². The summed E-state index contributed by atoms with van der Waals surface area (Å²) in [7, 11) is -4.21. The van der Waals surface area contributed by atoms with Gasteiger partial charge in [-0.15, -0.1) is 0 Å². The van der Waals surface area contributed by atoms with E-state index in [0.717, 1.165) is 12.1 Å². The summed E-state index contributed by atoms with van der Waals surface area (Å²) in [5.41, 5.74) is 5.56. The first kappa shape index (κ1) is 16.2. The molecule has 9 heteroatoms. The molecule has 0 saturated heterocycles. The molecule has 0 aliphatic carbocycles. The number of hydrogen-bond donors (Lipinski definition) is 2. The van der Waals surface area contributed by atoms with Gasteiger partial charge in [0.25, 0.3) is 10.0 Å². The van der Waals surface area contributed by atoms with Crippen LogP contribution in [0.1, 0.15) is 0 Å². The first-order valence-corrected chi connectivity index (χ1v) is 8.05. The number of halogens is 4. The van der Waals surface area contributed by atoms with E-state index in [4.69, 9.17) is 40.5 Å². The van der Waals surface area contributed by atoms with E-state index in [1.807, 2.05) is 0 Å². The van der Waals surface area contributed by atoms with Crippen LogP contribution in [-0.2, 0) is 10.0 Å². The van der Waals surface area contributed by atoms with E-state index in [9.17, 15) is 12.8 Å². The molecule has 0 aliphatic rings. The van der Waals surface area contributed by atoms with Gasteiger partial charge in [-0.25, -0.2) is 12.8 Å². The second-order valence-corrected chi connectivity index (χ2v) is 6.91. The standard InChI is InChI=1S/C12H8Cl3FN2O2S/c13-7-4-9(15)11(5-8(7)14)18-21(19,20)12-3-6(17)1-2-10(12)16/h1-5,18H,17H2. The third-order valence-corrected chi connectivity index (χ3v) is 4.91. The minimum Gasteiger partial charge on any atom is -0.399 e. The molecule has 0 saturated carbocycles. The predicted octanol–water partition coefficient (Wildman–Crippen LogP) is 4.17. The fourth-order valence-electron chi connectivity index (χ4n) is 1.53. The molecule has 2 aromatic rings. The van der Waals surface area contributed by atoms with Gasteiger partial charge in [0.2, 0.25) is 0 Å². The van der Waals surface area contributed by atoms with Crippen molar-refractivity contribution in [2.45, 2.75) is 4.90 Å². The number of anilines is 2. The maximum atomic E-state index is 13.7. The summed E-state index contributed by atoms with van der Waals surface area (Å²) in [6.07, 6.45) is 0. The maximum absolute atomic E-state index is 13.7. The SMILES string of the molecule is Nc1ccc(F)c(S(=O)(=O)Nc2cc(Cl)c(Cl)cc2Cl)c1. The first-order valence-electron chi connectivity index (χ1n) is 5.43. The average molecular weight is 370 g/mol. The van der Waals surface area contributed by atoms with Crippen LogP contribution in [0.2, 0.25) is 15.1 Å². The predicted molar refractivity (Wildman–Crippen MR) is 83.1 cm³/mol. The van der Waals surface area contributed by atoms with Crippen molar-refractivity contribution in [3.63, 3.8) is 0 Å². The van der Waals surface area contributed by atoms with Crippen LogP contribution in [0.3, 0.4) is 0 Å². The van der Waals surface area contributed by atoms with Crippen LogP contribution in [-0.4, -0.2) is 8.42 Å². The van der Waals surface area contributed by atoms with Gasteiger partial charge in [0, 0.05) is 5.69 Å². The monoisotopic (exact) mass is 368 g/mol. The van der Waals surface area contributed by atoms with Crippen molar-refractivity contribution in [2.24, 2.45) is 0 Å². The van der Waals surface area contributed by atoms with Crippen molar-refractivity contribution < 1.29 is 12.8 Å². The number of benzene rings is 2. The van der Waals surface area contributed by atoms with Crippen molar-refractivity contribution in [1.29, 1.82) is 0 Å². The molecule has 0 amide bonds. The Labute approximate surface area is 135 Å². The van der Waals surface area contributed by atoms with E-state index in [-0.39, 0.29) is 26.4 Å². The molecule has 2 rings (SSSR count). The van der Waals surface area contributed by atoms with Crippen LogP contribution < -0.4 is 10.5 Å². The summed E-state index contributed by atoms with van der Waals surface area (Å²) >= 11 is 17.4. The number of rotatable bonds is 3. The Morgan fingerprint density at radius 3 is 2.29 bits per heavy atom. The van der Waals surface area contributed by atoms with Gasteiger partial charge in [-0.2, -0.15) is 0 Å². The molecule has 0 spiro atoms. The highest BCUT2D eigenvalue weighted by Gasteiger charge is 2.21. The van der Waals surface area contributed by atoms with Crippen LogP contribution in [0.4, 0.5) is 15.8 Å². The zero-order chi connectivity index (χ0) is 15.8. The van der Waals surface area contributed by atoms with Crippen molar-refractivity contribution in [2.75, 3.05) is 10.5 Å². The lowest BCUT2D eigenvalue weighted by molar-refractivity contribution is 0.570. The molecule has 0 radical (unpaired) electrons. The molecule has 2 aromatic carbocycles. The second kappa shape index (κ2) is 5.88. The van der Waals surface area contributed by atoms with Crippen LogP contribution in [0, 0.1) is 5.82 Å². The molecule has 0 fully saturated rings. The topological polar surface area (TPSA) is 72.2 Å². The van der Waals surface area contributed by atoms with Crippen LogP contribution in [0.5, 0.6) is 0 Å². The summed E-state index contributed by atoms with van der Waals surface area (Å²) in [5, 5.41) is 0.295. The molecule has 0 aromatic heterocycles. The van der Waals surface area contributed by atoms with E-state index in [1.165, 1.54) is 18.2 Å². The van der Waals surface area contributed by atoms with E-state index >= 15 is 0 Å². The molecule has 0 bridgehead atoms. The van der Waals surface area contributed by atoms with E-state index in [1.54, 1.807) is 0 Å². The van der Waals surface area contributed by atoms with Gasteiger partial charge in [0.15, 0.2) is 0 Å². The smallest absolute Gasteiger partial charge is 0.264 e. The average Bonchev–Trinajstić information content (AvgIpc) is 2.38. The second-order valence-electron chi connectivity index (χ2n) is 4.04. The minimum absolute atomic E-state index is 0.0205. The van der Waals surface area contributed by atoms with E-state index in [2.05, 4.69) is 4.72 Å². The lowest BCUT2D eigenvalue weighted by Crippen LogP contribution is -2.15. The lowest BCUT2D eigenvalue weighted by Gasteiger charge is -2.11. The normalized spacial score (nSPS) is 11.4. The Morgan fingerprint density at radius 1 is 1.00 bits per heavy atom. The molecular formula is C12H8Cl3FN2O2S.